The van der Waals surface area contributed by atoms with Crippen molar-refractivity contribution in [1.29, 1.82) is 0 Å². The van der Waals surface area contributed by atoms with Gasteiger partial charge in [0.25, 0.3) is 0 Å². The molecular formula is C22H25N3O4S. The van der Waals surface area contributed by atoms with Crippen LogP contribution in [0.5, 0.6) is 0 Å². The Morgan fingerprint density at radius 1 is 1.10 bits per heavy atom. The first-order chi connectivity index (χ1) is 14.6. The number of carbonyl (C=O) groups excluding carboxylic acids is 3. The van der Waals surface area contributed by atoms with Gasteiger partial charge < -0.3 is 10.1 Å². The summed E-state index contributed by atoms with van der Waals surface area (Å²) < 4.78 is 5.19. The lowest BCUT2D eigenvalue weighted by Gasteiger charge is -2.08. The number of hydrazone groups is 1. The molecule has 1 aromatic carbocycles. The van der Waals surface area contributed by atoms with E-state index in [4.69, 9.17) is 4.74 Å². The van der Waals surface area contributed by atoms with Gasteiger partial charge in [-0.15, -0.1) is 11.3 Å². The van der Waals surface area contributed by atoms with Crippen LogP contribution in [0.2, 0.25) is 0 Å². The molecule has 0 bridgehead atoms. The fourth-order valence-corrected chi connectivity index (χ4v) is 4.60. The number of carbonyl (C=O) groups is 3. The molecular weight excluding hydrogens is 402 g/mol. The molecule has 0 atom stereocenters. The fraction of sp³-hybridized carbons (Fsp3) is 0.364. The van der Waals surface area contributed by atoms with Crippen molar-refractivity contribution in [2.75, 3.05) is 11.9 Å². The highest BCUT2D eigenvalue weighted by Gasteiger charge is 2.27. The van der Waals surface area contributed by atoms with Crippen LogP contribution < -0.4 is 10.7 Å². The number of hydrogen-bond donors (Lipinski definition) is 2. The number of nitrogens with zero attached hydrogens (tertiary/aromatic N) is 1. The number of anilines is 1. The SMILES string of the molecule is CCOC(=O)c1c(NC(=O)C(=O)NN=CCc2ccccc2)sc2c1CCCCC2. The molecule has 30 heavy (non-hydrogen) atoms. The van der Waals surface area contributed by atoms with E-state index < -0.39 is 17.8 Å². The Morgan fingerprint density at radius 2 is 1.87 bits per heavy atom. The standard InChI is InChI=1S/C22H25N3O4S/c1-2-29-22(28)18-16-11-7-4-8-12-17(16)30-21(18)24-19(26)20(27)25-23-14-13-15-9-5-3-6-10-15/h3,5-6,9-10,14H,2,4,7-8,11-13H2,1H3,(H,24,26)(H,25,27). The fourth-order valence-electron chi connectivity index (χ4n) is 3.33. The molecule has 7 nitrogen and oxygen atoms in total. The molecule has 2 N–H and O–H groups in total. The highest BCUT2D eigenvalue weighted by atomic mass is 32.1. The lowest BCUT2D eigenvalue weighted by Crippen LogP contribution is -2.32. The predicted octanol–water partition coefficient (Wildman–Crippen LogP) is 3.48. The third-order valence-electron chi connectivity index (χ3n) is 4.76. The van der Waals surface area contributed by atoms with Gasteiger partial charge in [0, 0.05) is 17.5 Å². The van der Waals surface area contributed by atoms with Gasteiger partial charge in [-0.2, -0.15) is 5.10 Å². The summed E-state index contributed by atoms with van der Waals surface area (Å²) in [6.07, 6.45) is 6.82. The zero-order valence-corrected chi connectivity index (χ0v) is 17.7. The van der Waals surface area contributed by atoms with Crippen LogP contribution in [0.1, 0.15) is 52.5 Å². The van der Waals surface area contributed by atoms with Gasteiger partial charge in [0.1, 0.15) is 5.00 Å². The number of esters is 1. The third-order valence-corrected chi connectivity index (χ3v) is 5.97. The van der Waals surface area contributed by atoms with Gasteiger partial charge in [-0.3, -0.25) is 9.59 Å². The minimum absolute atomic E-state index is 0.244. The van der Waals surface area contributed by atoms with Crippen molar-refractivity contribution in [3.63, 3.8) is 0 Å². The van der Waals surface area contributed by atoms with Crippen LogP contribution in [0.15, 0.2) is 35.4 Å². The first-order valence-corrected chi connectivity index (χ1v) is 10.9. The molecule has 1 aliphatic rings. The Kier molecular flexibility index (Phi) is 7.73. The van der Waals surface area contributed by atoms with Crippen molar-refractivity contribution in [3.05, 3.63) is 51.9 Å². The van der Waals surface area contributed by atoms with E-state index in [9.17, 15) is 14.4 Å². The van der Waals surface area contributed by atoms with Crippen molar-refractivity contribution in [1.82, 2.24) is 5.43 Å². The molecule has 0 aliphatic heterocycles. The van der Waals surface area contributed by atoms with Gasteiger partial charge in [0.2, 0.25) is 0 Å². The number of amides is 2. The van der Waals surface area contributed by atoms with Crippen LogP contribution in [0.3, 0.4) is 0 Å². The van der Waals surface area contributed by atoms with Crippen LogP contribution >= 0.6 is 11.3 Å². The zero-order chi connectivity index (χ0) is 21.3. The molecule has 0 saturated carbocycles. The molecule has 0 fully saturated rings. The Balaban J connectivity index is 1.66. The molecule has 2 aromatic rings. The van der Waals surface area contributed by atoms with E-state index in [1.807, 2.05) is 30.3 Å². The third kappa shape index (κ3) is 5.54. The largest absolute Gasteiger partial charge is 0.462 e. The average Bonchev–Trinajstić information content (AvgIpc) is 2.92. The summed E-state index contributed by atoms with van der Waals surface area (Å²) in [5.41, 5.74) is 4.59. The van der Waals surface area contributed by atoms with Gasteiger partial charge in [-0.05, 0) is 43.7 Å². The molecule has 158 valence electrons. The van der Waals surface area contributed by atoms with Gasteiger partial charge in [-0.1, -0.05) is 36.8 Å². The molecule has 0 radical (unpaired) electrons. The maximum Gasteiger partial charge on any atom is 0.341 e. The molecule has 0 unspecified atom stereocenters. The summed E-state index contributed by atoms with van der Waals surface area (Å²) in [6.45, 7) is 1.98. The summed E-state index contributed by atoms with van der Waals surface area (Å²) >= 11 is 1.35. The predicted molar refractivity (Wildman–Crippen MR) is 117 cm³/mol. The van der Waals surface area contributed by atoms with Crippen molar-refractivity contribution >= 4 is 40.3 Å². The molecule has 0 spiro atoms. The lowest BCUT2D eigenvalue weighted by molar-refractivity contribution is -0.136. The topological polar surface area (TPSA) is 96.9 Å². The van der Waals surface area contributed by atoms with Crippen molar-refractivity contribution in [2.45, 2.75) is 45.4 Å². The van der Waals surface area contributed by atoms with Crippen LogP contribution in [0.4, 0.5) is 5.00 Å². The van der Waals surface area contributed by atoms with Gasteiger partial charge in [0.15, 0.2) is 0 Å². The second-order valence-electron chi connectivity index (χ2n) is 6.89. The smallest absolute Gasteiger partial charge is 0.341 e. The first kappa shape index (κ1) is 21.7. The molecule has 2 amide bonds. The lowest BCUT2D eigenvalue weighted by atomic mass is 10.1. The summed E-state index contributed by atoms with van der Waals surface area (Å²) in [7, 11) is 0. The quantitative estimate of drug-likeness (QED) is 0.242. The number of thiophene rings is 1. The number of benzene rings is 1. The van der Waals surface area contributed by atoms with E-state index in [1.54, 1.807) is 6.92 Å². The number of fused-ring (bicyclic) bond motifs is 1. The van der Waals surface area contributed by atoms with Crippen LogP contribution in [0, 0.1) is 0 Å². The molecule has 1 heterocycles. The summed E-state index contributed by atoms with van der Waals surface area (Å²) in [5.74, 6) is -2.22. The van der Waals surface area contributed by atoms with Gasteiger partial charge in [0.05, 0.1) is 12.2 Å². The van der Waals surface area contributed by atoms with E-state index in [-0.39, 0.29) is 6.61 Å². The minimum Gasteiger partial charge on any atom is -0.462 e. The second-order valence-corrected chi connectivity index (χ2v) is 7.99. The Labute approximate surface area is 179 Å². The summed E-state index contributed by atoms with van der Waals surface area (Å²) in [6, 6.07) is 9.63. The van der Waals surface area contributed by atoms with E-state index in [2.05, 4.69) is 15.8 Å². The highest BCUT2D eigenvalue weighted by molar-refractivity contribution is 7.17. The van der Waals surface area contributed by atoms with Crippen LogP contribution in [-0.2, 0) is 33.6 Å². The molecule has 3 rings (SSSR count). The average molecular weight is 428 g/mol. The number of hydrogen-bond acceptors (Lipinski definition) is 6. The first-order valence-electron chi connectivity index (χ1n) is 10.1. The monoisotopic (exact) mass is 427 g/mol. The van der Waals surface area contributed by atoms with E-state index >= 15 is 0 Å². The number of nitrogens with one attached hydrogen (secondary N) is 2. The van der Waals surface area contributed by atoms with E-state index in [0.29, 0.717) is 17.0 Å². The normalized spacial score (nSPS) is 13.4. The molecule has 0 saturated heterocycles. The number of ether oxygens (including phenoxy) is 1. The zero-order valence-electron chi connectivity index (χ0n) is 16.9. The highest BCUT2D eigenvalue weighted by Crippen LogP contribution is 2.38. The van der Waals surface area contributed by atoms with Crippen molar-refractivity contribution < 1.29 is 19.1 Å². The van der Waals surface area contributed by atoms with Crippen molar-refractivity contribution in [3.8, 4) is 0 Å². The Hall–Kier alpha value is -3.00. The summed E-state index contributed by atoms with van der Waals surface area (Å²) in [4.78, 5) is 38.1. The summed E-state index contributed by atoms with van der Waals surface area (Å²) in [5, 5.41) is 6.77. The van der Waals surface area contributed by atoms with E-state index in [0.717, 1.165) is 48.1 Å². The number of aryl methyl sites for hydroxylation is 1. The second kappa shape index (κ2) is 10.7. The van der Waals surface area contributed by atoms with E-state index in [1.165, 1.54) is 17.6 Å². The maximum atomic E-state index is 12.5. The molecule has 1 aromatic heterocycles. The number of rotatable bonds is 6. The van der Waals surface area contributed by atoms with Crippen molar-refractivity contribution in [2.24, 2.45) is 5.10 Å². The minimum atomic E-state index is -0.891. The molecule has 8 heteroatoms. The Morgan fingerprint density at radius 3 is 2.63 bits per heavy atom. The van der Waals surface area contributed by atoms with Gasteiger partial charge >= 0.3 is 17.8 Å². The Bertz CT molecular complexity index is 937. The van der Waals surface area contributed by atoms with Crippen LogP contribution in [-0.4, -0.2) is 30.6 Å². The maximum absolute atomic E-state index is 12.5. The van der Waals surface area contributed by atoms with Crippen LogP contribution in [0.25, 0.3) is 0 Å². The molecule has 1 aliphatic carbocycles. The van der Waals surface area contributed by atoms with Gasteiger partial charge in [-0.25, -0.2) is 10.2 Å².